The first-order chi connectivity index (χ1) is 11.6. The van der Waals surface area contributed by atoms with Gasteiger partial charge in [0.25, 0.3) is 11.0 Å². The fraction of sp³-hybridized carbons (Fsp3) is 0.300. The number of carbonyl (C=O) groups excluding carboxylic acids is 2. The van der Waals surface area contributed by atoms with E-state index in [-0.39, 0.29) is 82.6 Å². The molecule has 0 aliphatic heterocycles. The van der Waals surface area contributed by atoms with Crippen molar-refractivity contribution in [3.63, 3.8) is 0 Å². The molecule has 0 unspecified atom stereocenters. The third-order valence-electron chi connectivity index (χ3n) is 4.20. The van der Waals surface area contributed by atoms with Gasteiger partial charge in [-0.15, -0.1) is 0 Å². The van der Waals surface area contributed by atoms with Crippen molar-refractivity contribution in [3.05, 3.63) is 70.8 Å². The summed E-state index contributed by atoms with van der Waals surface area (Å²) in [5, 5.41) is 0. The van der Waals surface area contributed by atoms with E-state index >= 15 is 0 Å². The third kappa shape index (κ3) is 5.40. The first-order valence-corrected chi connectivity index (χ1v) is 9.93. The zero-order valence-corrected chi connectivity index (χ0v) is 21.7. The molecule has 0 fully saturated rings. The Bertz CT molecular complexity index is 763. The predicted molar refractivity (Wildman–Crippen MR) is 101 cm³/mol. The number of carbonyl (C=O) groups is 2. The van der Waals surface area contributed by atoms with E-state index in [0.717, 1.165) is 11.1 Å². The molecule has 0 aliphatic rings. The van der Waals surface area contributed by atoms with Crippen LogP contribution in [0.1, 0.15) is 72.8 Å². The van der Waals surface area contributed by atoms with Crippen LogP contribution in [0, 0.1) is 0 Å². The molecule has 0 aromatic heterocycles. The van der Waals surface area contributed by atoms with Crippen LogP contribution in [0.15, 0.2) is 48.5 Å². The Morgan fingerprint density at radius 3 is 1.27 bits per heavy atom. The Morgan fingerprint density at radius 2 is 1.04 bits per heavy atom. The fourth-order valence-corrected chi connectivity index (χ4v) is 3.65. The van der Waals surface area contributed by atoms with Gasteiger partial charge in [0.15, 0.2) is 0 Å². The number of hydrogen-bond acceptors (Lipinski definition) is 3. The van der Waals surface area contributed by atoms with Gasteiger partial charge < -0.3 is 6.32 Å². The first-order valence-electron chi connectivity index (χ1n) is 8.27. The van der Waals surface area contributed by atoms with Gasteiger partial charge in [0, 0.05) is 11.1 Å². The first kappa shape index (κ1) is 23.8. The molecule has 0 heterocycles. The van der Waals surface area contributed by atoms with Gasteiger partial charge in [-0.3, -0.25) is 14.2 Å². The summed E-state index contributed by atoms with van der Waals surface area (Å²) >= 11 is 0. The van der Waals surface area contributed by atoms with Gasteiger partial charge in [-0.2, -0.15) is 0 Å². The average Bonchev–Trinajstić information content (AvgIpc) is 2.60. The molecule has 0 saturated carbocycles. The summed E-state index contributed by atoms with van der Waals surface area (Å²) in [6.45, 7) is 8.05. The van der Waals surface area contributed by atoms with Gasteiger partial charge in [-0.1, -0.05) is 76.2 Å². The quantitative estimate of drug-likeness (QED) is 0.694. The van der Waals surface area contributed by atoms with Crippen LogP contribution in [0.5, 0.6) is 0 Å². The Balaban J connectivity index is 0.00000338. The summed E-state index contributed by atoms with van der Waals surface area (Å²) in [5.41, 5.74) is 0.117. The molecular weight excluding hydrogens is 421 g/mol. The number of benzene rings is 2. The summed E-state index contributed by atoms with van der Waals surface area (Å²) in [6, 6.07) is 12.9. The van der Waals surface area contributed by atoms with Gasteiger partial charge in [0.05, 0.1) is 0 Å². The van der Waals surface area contributed by atoms with E-state index in [4.69, 9.17) is 0 Å². The van der Waals surface area contributed by atoms with Crippen LogP contribution in [-0.4, -0.2) is 15.9 Å². The molecule has 134 valence electrons. The second-order valence-corrected chi connectivity index (χ2v) is 8.70. The van der Waals surface area contributed by atoms with Crippen molar-refractivity contribution in [2.45, 2.75) is 39.5 Å². The van der Waals surface area contributed by atoms with Crippen molar-refractivity contribution < 1.29 is 78.7 Å². The van der Waals surface area contributed by atoms with Crippen LogP contribution in [0.25, 0.3) is 0 Å². The SMILES string of the molecule is CC(C)c1ccc(C(=O)P(=O)(O)C(=O)c2ccc(C(C)C)cc2)cc1.[H-].[Rb+]. The van der Waals surface area contributed by atoms with Crippen LogP contribution in [0.2, 0.25) is 0 Å². The molecular formula is C20H24O4PRb. The fourth-order valence-electron chi connectivity index (χ4n) is 2.46. The summed E-state index contributed by atoms with van der Waals surface area (Å²) in [5.74, 6) is 0.567. The maximum absolute atomic E-state index is 12.5. The smallest absolute Gasteiger partial charge is 1.00 e. The van der Waals surface area contributed by atoms with Gasteiger partial charge in [-0.25, -0.2) is 0 Å². The Hall–Kier alpha value is -0.225. The van der Waals surface area contributed by atoms with Gasteiger partial charge in [0.2, 0.25) is 0 Å². The zero-order chi connectivity index (χ0) is 18.8. The molecule has 0 amide bonds. The maximum Gasteiger partial charge on any atom is 1.00 e. The van der Waals surface area contributed by atoms with E-state index < -0.39 is 18.4 Å². The topological polar surface area (TPSA) is 71.4 Å². The van der Waals surface area contributed by atoms with Gasteiger partial charge >= 0.3 is 65.6 Å². The molecule has 2 rings (SSSR count). The van der Waals surface area contributed by atoms with Gasteiger partial charge in [-0.05, 0) is 23.0 Å². The summed E-state index contributed by atoms with van der Waals surface area (Å²) in [7, 11) is -4.67. The maximum atomic E-state index is 12.5. The van der Waals surface area contributed by atoms with Crippen molar-refractivity contribution in [2.24, 2.45) is 0 Å². The van der Waals surface area contributed by atoms with Crippen molar-refractivity contribution in [3.8, 4) is 0 Å². The second kappa shape index (κ2) is 9.81. The third-order valence-corrected chi connectivity index (χ3v) is 5.82. The summed E-state index contributed by atoms with van der Waals surface area (Å²) in [6.07, 6.45) is 0. The predicted octanol–water partition coefficient (Wildman–Crippen LogP) is 2.30. The van der Waals surface area contributed by atoms with Crippen molar-refractivity contribution in [1.82, 2.24) is 0 Å². The molecule has 1 N–H and O–H groups in total. The summed E-state index contributed by atoms with van der Waals surface area (Å²) < 4.78 is 12.5. The second-order valence-electron chi connectivity index (χ2n) is 6.74. The molecule has 2 aromatic rings. The molecule has 2 aromatic carbocycles. The van der Waals surface area contributed by atoms with Crippen LogP contribution in [-0.2, 0) is 4.57 Å². The Kier molecular flexibility index (Phi) is 8.99. The minimum atomic E-state index is -4.67. The molecule has 0 bridgehead atoms. The molecule has 0 aliphatic carbocycles. The number of hydrogen-bond donors (Lipinski definition) is 1. The Labute approximate surface area is 205 Å². The van der Waals surface area contributed by atoms with Crippen molar-refractivity contribution >= 4 is 18.4 Å². The van der Waals surface area contributed by atoms with Gasteiger partial charge in [0.1, 0.15) is 0 Å². The molecule has 0 spiro atoms. The van der Waals surface area contributed by atoms with Crippen LogP contribution < -0.4 is 58.2 Å². The minimum Gasteiger partial charge on any atom is -1.00 e. The van der Waals surface area contributed by atoms with Crippen molar-refractivity contribution in [2.75, 3.05) is 0 Å². The van der Waals surface area contributed by atoms with E-state index in [2.05, 4.69) is 0 Å². The number of rotatable bonds is 6. The normalized spacial score (nSPS) is 11.3. The van der Waals surface area contributed by atoms with E-state index in [1.165, 1.54) is 24.3 Å². The molecule has 4 nitrogen and oxygen atoms in total. The van der Waals surface area contributed by atoms with Crippen LogP contribution >= 0.6 is 7.37 Å². The zero-order valence-electron chi connectivity index (χ0n) is 16.9. The molecule has 0 radical (unpaired) electrons. The molecule has 0 atom stereocenters. The van der Waals surface area contributed by atoms with Crippen molar-refractivity contribution in [1.29, 1.82) is 0 Å². The van der Waals surface area contributed by atoms with E-state index in [0.29, 0.717) is 0 Å². The Morgan fingerprint density at radius 1 is 0.769 bits per heavy atom. The van der Waals surface area contributed by atoms with E-state index in [9.17, 15) is 19.0 Å². The molecule has 6 heteroatoms. The van der Waals surface area contributed by atoms with Crippen LogP contribution in [0.3, 0.4) is 0 Å². The standard InChI is InChI=1S/C20H23O4P.Rb.H/c1-13(2)15-5-9-17(10-6-15)19(21)25(23,24)20(22)18-11-7-16(8-12-18)14(3)4;;/h5-14H,1-4H3,(H,23,24);;/q;+1;-1. The molecule has 26 heavy (non-hydrogen) atoms. The average molecular weight is 445 g/mol. The van der Waals surface area contributed by atoms with Crippen LogP contribution in [0.4, 0.5) is 0 Å². The summed E-state index contributed by atoms with van der Waals surface area (Å²) in [4.78, 5) is 35.0. The largest absolute Gasteiger partial charge is 1.00 e. The minimum absolute atomic E-state index is 0. The molecule has 0 saturated heterocycles. The monoisotopic (exact) mass is 444 g/mol. The van der Waals surface area contributed by atoms with E-state index in [1.807, 2.05) is 27.7 Å². The van der Waals surface area contributed by atoms with E-state index in [1.54, 1.807) is 24.3 Å².